The summed E-state index contributed by atoms with van der Waals surface area (Å²) < 4.78 is 30.6. The fraction of sp³-hybridized carbons (Fsp3) is 0.562. The van der Waals surface area contributed by atoms with E-state index in [1.165, 1.54) is 13.2 Å². The summed E-state index contributed by atoms with van der Waals surface area (Å²) in [6.45, 7) is 7.38. The molecule has 0 radical (unpaired) electrons. The van der Waals surface area contributed by atoms with Gasteiger partial charge in [0.25, 0.3) is 0 Å². The second-order valence-electron chi connectivity index (χ2n) is 6.09. The Balaban J connectivity index is 3.19. The van der Waals surface area contributed by atoms with Crippen molar-refractivity contribution < 1.29 is 17.9 Å². The fourth-order valence-electron chi connectivity index (χ4n) is 2.11. The summed E-state index contributed by atoms with van der Waals surface area (Å²) in [4.78, 5) is 12.5. The lowest BCUT2D eigenvalue weighted by Crippen LogP contribution is -2.50. The zero-order chi connectivity index (χ0) is 18.7. The number of anilines is 1. The summed E-state index contributed by atoms with van der Waals surface area (Å²) in [6, 6.07) is 3.61. The van der Waals surface area contributed by atoms with Crippen LogP contribution in [-0.4, -0.2) is 39.8 Å². The number of amides is 1. The summed E-state index contributed by atoms with van der Waals surface area (Å²) in [5.74, 6) is 0.302. The number of sulfonamides is 1. The van der Waals surface area contributed by atoms with E-state index in [4.69, 9.17) is 16.3 Å². The predicted octanol–water partition coefficient (Wildman–Crippen LogP) is 2.66. The van der Waals surface area contributed by atoms with Gasteiger partial charge < -0.3 is 10.1 Å². The number of nitrogens with zero attached hydrogens (tertiary/aromatic N) is 1. The summed E-state index contributed by atoms with van der Waals surface area (Å²) in [7, 11) is -2.21. The fourth-order valence-corrected chi connectivity index (χ4v) is 3.53. The molecule has 0 aliphatic carbocycles. The first-order valence-corrected chi connectivity index (χ1v) is 9.85. The van der Waals surface area contributed by atoms with E-state index >= 15 is 0 Å². The highest BCUT2D eigenvalue weighted by Gasteiger charge is 2.30. The molecule has 1 N–H and O–H groups in total. The molecule has 8 heteroatoms. The monoisotopic (exact) mass is 376 g/mol. The van der Waals surface area contributed by atoms with Gasteiger partial charge in [-0.05, 0) is 38.0 Å². The molecule has 0 aromatic heterocycles. The van der Waals surface area contributed by atoms with Gasteiger partial charge >= 0.3 is 0 Å². The lowest BCUT2D eigenvalue weighted by atomic mass is 10.1. The molecule has 0 aliphatic heterocycles. The third kappa shape index (κ3) is 5.01. The second kappa shape index (κ2) is 8.07. The molecule has 0 aliphatic rings. The van der Waals surface area contributed by atoms with Crippen molar-refractivity contribution in [3.63, 3.8) is 0 Å². The maximum atomic E-state index is 12.5. The van der Waals surface area contributed by atoms with Gasteiger partial charge in [0.1, 0.15) is 11.8 Å². The molecule has 0 spiro atoms. The molecular weight excluding hydrogens is 352 g/mol. The van der Waals surface area contributed by atoms with Crippen molar-refractivity contribution in [2.24, 2.45) is 5.92 Å². The van der Waals surface area contributed by atoms with Crippen molar-refractivity contribution in [1.82, 2.24) is 5.32 Å². The van der Waals surface area contributed by atoms with E-state index in [0.717, 1.165) is 10.6 Å². The average Bonchev–Trinajstić information content (AvgIpc) is 2.45. The summed E-state index contributed by atoms with van der Waals surface area (Å²) in [5.41, 5.74) is 0.308. The molecule has 0 bridgehead atoms. The van der Waals surface area contributed by atoms with E-state index in [1.54, 1.807) is 19.1 Å². The van der Waals surface area contributed by atoms with Gasteiger partial charge in [-0.15, -0.1) is 0 Å². The van der Waals surface area contributed by atoms with Crippen LogP contribution in [0.4, 0.5) is 5.69 Å². The van der Waals surface area contributed by atoms with Crippen LogP contribution in [0.1, 0.15) is 27.7 Å². The first-order valence-electron chi connectivity index (χ1n) is 7.62. The van der Waals surface area contributed by atoms with Crippen molar-refractivity contribution in [2.75, 3.05) is 17.7 Å². The Bertz CT molecular complexity index is 691. The summed E-state index contributed by atoms with van der Waals surface area (Å²) >= 11 is 6.09. The van der Waals surface area contributed by atoms with E-state index in [0.29, 0.717) is 11.4 Å². The number of hydrogen-bond acceptors (Lipinski definition) is 4. The number of ether oxygens (including phenoxy) is 1. The minimum Gasteiger partial charge on any atom is -0.495 e. The predicted molar refractivity (Wildman–Crippen MR) is 97.2 cm³/mol. The summed E-state index contributed by atoms with van der Waals surface area (Å²) in [6.07, 6.45) is 1.06. The summed E-state index contributed by atoms with van der Waals surface area (Å²) in [5, 5.41) is 3.11. The van der Waals surface area contributed by atoms with Crippen LogP contribution in [0.5, 0.6) is 5.75 Å². The number of benzene rings is 1. The van der Waals surface area contributed by atoms with Crippen molar-refractivity contribution in [3.8, 4) is 5.75 Å². The van der Waals surface area contributed by atoms with E-state index in [1.807, 2.05) is 20.8 Å². The number of carbonyl (C=O) groups is 1. The van der Waals surface area contributed by atoms with Crippen LogP contribution < -0.4 is 14.4 Å². The third-order valence-electron chi connectivity index (χ3n) is 3.85. The molecule has 1 aromatic carbocycles. The van der Waals surface area contributed by atoms with Crippen molar-refractivity contribution in [3.05, 3.63) is 23.2 Å². The zero-order valence-electron chi connectivity index (χ0n) is 14.8. The van der Waals surface area contributed by atoms with Crippen LogP contribution in [0, 0.1) is 5.92 Å². The highest BCUT2D eigenvalue weighted by atomic mass is 35.5. The van der Waals surface area contributed by atoms with Crippen LogP contribution in [0.25, 0.3) is 0 Å². The topological polar surface area (TPSA) is 75.7 Å². The van der Waals surface area contributed by atoms with Gasteiger partial charge in [-0.1, -0.05) is 25.4 Å². The molecule has 1 aromatic rings. The number of halogens is 1. The molecule has 0 fully saturated rings. The molecule has 0 saturated heterocycles. The molecular formula is C16H25ClN2O4S. The Hall–Kier alpha value is -1.47. The van der Waals surface area contributed by atoms with E-state index in [-0.39, 0.29) is 22.9 Å². The van der Waals surface area contributed by atoms with Gasteiger partial charge in [-0.25, -0.2) is 8.42 Å². The molecule has 0 saturated carbocycles. The van der Waals surface area contributed by atoms with Crippen molar-refractivity contribution in [1.29, 1.82) is 0 Å². The SMILES string of the molecule is COc1ccc(N([C@H](C)C(=O)N[C@@H](C)C(C)C)S(C)(=O)=O)cc1Cl. The Kier molecular flexibility index (Phi) is 6.92. The maximum absolute atomic E-state index is 12.5. The number of hydrogen-bond donors (Lipinski definition) is 1. The number of methoxy groups -OCH3 is 1. The van der Waals surface area contributed by atoms with Crippen LogP contribution in [-0.2, 0) is 14.8 Å². The normalized spacial score (nSPS) is 14.2. The van der Waals surface area contributed by atoms with Crippen molar-refractivity contribution >= 4 is 33.2 Å². The van der Waals surface area contributed by atoms with Gasteiger partial charge in [0, 0.05) is 6.04 Å². The first-order chi connectivity index (χ1) is 11.0. The molecule has 0 unspecified atom stereocenters. The Morgan fingerprint density at radius 1 is 1.25 bits per heavy atom. The first kappa shape index (κ1) is 20.6. The van der Waals surface area contributed by atoms with Crippen LogP contribution >= 0.6 is 11.6 Å². The molecule has 0 heterocycles. The van der Waals surface area contributed by atoms with Gasteiger partial charge in [-0.2, -0.15) is 0 Å². The van der Waals surface area contributed by atoms with E-state index in [9.17, 15) is 13.2 Å². The van der Waals surface area contributed by atoms with Gasteiger partial charge in [0.15, 0.2) is 0 Å². The molecule has 2 atom stereocenters. The van der Waals surface area contributed by atoms with Crippen LogP contribution in [0.2, 0.25) is 5.02 Å². The molecule has 1 rings (SSSR count). The largest absolute Gasteiger partial charge is 0.495 e. The quantitative estimate of drug-likeness (QED) is 0.793. The average molecular weight is 377 g/mol. The minimum atomic E-state index is -3.68. The molecule has 136 valence electrons. The third-order valence-corrected chi connectivity index (χ3v) is 5.39. The molecule has 6 nitrogen and oxygen atoms in total. The number of carbonyl (C=O) groups excluding carboxylic acids is 1. The number of rotatable bonds is 7. The van der Waals surface area contributed by atoms with Gasteiger partial charge in [-0.3, -0.25) is 9.10 Å². The Labute approximate surface area is 149 Å². The van der Waals surface area contributed by atoms with Crippen LogP contribution in [0.3, 0.4) is 0 Å². The molecule has 24 heavy (non-hydrogen) atoms. The second-order valence-corrected chi connectivity index (χ2v) is 8.36. The van der Waals surface area contributed by atoms with Gasteiger partial charge in [0.2, 0.25) is 15.9 Å². The highest BCUT2D eigenvalue weighted by Crippen LogP contribution is 2.31. The zero-order valence-corrected chi connectivity index (χ0v) is 16.4. The standard InChI is InChI=1S/C16H25ClN2O4S/c1-10(2)11(3)18-16(20)12(4)19(24(6,21)22)13-7-8-15(23-5)14(17)9-13/h7-12H,1-6H3,(H,18,20)/t11-,12+/m0/s1. The van der Waals surface area contributed by atoms with Crippen molar-refractivity contribution in [2.45, 2.75) is 39.8 Å². The highest BCUT2D eigenvalue weighted by molar-refractivity contribution is 7.92. The van der Waals surface area contributed by atoms with E-state index in [2.05, 4.69) is 5.32 Å². The molecule has 1 amide bonds. The van der Waals surface area contributed by atoms with Gasteiger partial charge in [0.05, 0.1) is 24.1 Å². The maximum Gasteiger partial charge on any atom is 0.243 e. The lowest BCUT2D eigenvalue weighted by molar-refractivity contribution is -0.122. The van der Waals surface area contributed by atoms with E-state index < -0.39 is 16.1 Å². The van der Waals surface area contributed by atoms with Crippen LogP contribution in [0.15, 0.2) is 18.2 Å². The smallest absolute Gasteiger partial charge is 0.243 e. The lowest BCUT2D eigenvalue weighted by Gasteiger charge is -2.30. The minimum absolute atomic E-state index is 0.0687. The Morgan fingerprint density at radius 2 is 1.83 bits per heavy atom. The number of nitrogens with one attached hydrogen (secondary N) is 1. The Morgan fingerprint density at radius 3 is 2.25 bits per heavy atom.